The monoisotopic (exact) mass is 325 g/mol. The van der Waals surface area contributed by atoms with Crippen molar-refractivity contribution in [2.24, 2.45) is 0 Å². The molecule has 0 unspecified atom stereocenters. The summed E-state index contributed by atoms with van der Waals surface area (Å²) in [7, 11) is 0. The van der Waals surface area contributed by atoms with Crippen LogP contribution in [0, 0.1) is 17.1 Å². The summed E-state index contributed by atoms with van der Waals surface area (Å²) in [5.41, 5.74) is 0.893. The van der Waals surface area contributed by atoms with Crippen molar-refractivity contribution in [3.8, 4) is 23.2 Å². The highest BCUT2D eigenvalue weighted by molar-refractivity contribution is 5.95. The molecule has 3 aromatic rings. The van der Waals surface area contributed by atoms with Crippen LogP contribution in [0.4, 0.5) is 4.39 Å². The first-order valence-electron chi connectivity index (χ1n) is 7.14. The molecule has 0 atom stereocenters. The molecule has 120 valence electrons. The van der Waals surface area contributed by atoms with Crippen LogP contribution in [0.15, 0.2) is 47.2 Å². The number of carbonyl (C=O) groups excluding carboxylic acids is 1. The van der Waals surface area contributed by atoms with E-state index in [1.807, 2.05) is 0 Å². The van der Waals surface area contributed by atoms with E-state index in [9.17, 15) is 9.18 Å². The number of halogens is 1. The molecule has 0 aliphatic rings. The zero-order valence-electron chi connectivity index (χ0n) is 12.7. The largest absolute Gasteiger partial charge is 0.463 e. The van der Waals surface area contributed by atoms with E-state index >= 15 is 0 Å². The summed E-state index contributed by atoms with van der Waals surface area (Å²) in [4.78, 5) is 12.2. The van der Waals surface area contributed by atoms with Gasteiger partial charge >= 0.3 is 5.97 Å². The van der Waals surface area contributed by atoms with Gasteiger partial charge in [-0.15, -0.1) is 0 Å². The van der Waals surface area contributed by atoms with Gasteiger partial charge in [0.1, 0.15) is 23.1 Å². The Morgan fingerprint density at radius 3 is 2.96 bits per heavy atom. The predicted octanol–water partition coefficient (Wildman–Crippen LogP) is 3.32. The Morgan fingerprint density at radius 1 is 1.46 bits per heavy atom. The van der Waals surface area contributed by atoms with Crippen LogP contribution < -0.4 is 0 Å². The summed E-state index contributed by atoms with van der Waals surface area (Å²) in [6.45, 7) is 1.92. The third-order valence-corrected chi connectivity index (χ3v) is 3.33. The molecule has 2 heterocycles. The molecule has 0 radical (unpaired) electrons. The average molecular weight is 325 g/mol. The first-order valence-corrected chi connectivity index (χ1v) is 7.14. The second-order valence-corrected chi connectivity index (χ2v) is 4.79. The minimum atomic E-state index is -0.626. The van der Waals surface area contributed by atoms with E-state index in [-0.39, 0.29) is 17.7 Å². The summed E-state index contributed by atoms with van der Waals surface area (Å²) in [6, 6.07) is 9.11. The average Bonchev–Trinajstić information content (AvgIpc) is 3.24. The Balaban J connectivity index is 2.19. The third-order valence-electron chi connectivity index (χ3n) is 3.33. The van der Waals surface area contributed by atoms with Crippen molar-refractivity contribution in [3.05, 3.63) is 59.7 Å². The molecule has 0 aliphatic heterocycles. The lowest BCUT2D eigenvalue weighted by Gasteiger charge is -2.08. The molecule has 0 aliphatic carbocycles. The van der Waals surface area contributed by atoms with Gasteiger partial charge in [0.15, 0.2) is 5.76 Å². The maximum absolute atomic E-state index is 13.5. The minimum Gasteiger partial charge on any atom is -0.463 e. The van der Waals surface area contributed by atoms with Crippen LogP contribution in [-0.2, 0) is 4.74 Å². The molecular formula is C17H12FN3O3. The topological polar surface area (TPSA) is 81.0 Å². The second kappa shape index (κ2) is 6.38. The van der Waals surface area contributed by atoms with E-state index in [0.717, 1.165) is 0 Å². The van der Waals surface area contributed by atoms with Crippen LogP contribution in [0.5, 0.6) is 0 Å². The SMILES string of the molecule is CCOC(=O)c1cnn(-c2ccc(F)c(C#N)c2)c1-c1ccco1. The summed E-state index contributed by atoms with van der Waals surface area (Å²) >= 11 is 0. The Kier molecular flexibility index (Phi) is 4.12. The second-order valence-electron chi connectivity index (χ2n) is 4.79. The van der Waals surface area contributed by atoms with Gasteiger partial charge in [-0.3, -0.25) is 0 Å². The molecule has 7 heteroatoms. The number of furan rings is 1. The Morgan fingerprint density at radius 2 is 2.29 bits per heavy atom. The summed E-state index contributed by atoms with van der Waals surface area (Å²) < 4.78 is 25.4. The molecular weight excluding hydrogens is 313 g/mol. The molecule has 0 saturated heterocycles. The zero-order chi connectivity index (χ0) is 17.1. The fraction of sp³-hybridized carbons (Fsp3) is 0.118. The molecule has 24 heavy (non-hydrogen) atoms. The molecule has 0 saturated carbocycles. The van der Waals surface area contributed by atoms with Crippen molar-refractivity contribution in [1.29, 1.82) is 5.26 Å². The van der Waals surface area contributed by atoms with Crippen LogP contribution in [0.3, 0.4) is 0 Å². The Hall–Kier alpha value is -3.40. The highest BCUT2D eigenvalue weighted by atomic mass is 19.1. The highest BCUT2D eigenvalue weighted by Crippen LogP contribution is 2.28. The molecule has 1 aromatic carbocycles. The number of hydrogen-bond donors (Lipinski definition) is 0. The first-order chi connectivity index (χ1) is 11.7. The van der Waals surface area contributed by atoms with E-state index in [1.165, 1.54) is 35.3 Å². The van der Waals surface area contributed by atoms with Gasteiger partial charge in [-0.05, 0) is 37.3 Å². The fourth-order valence-electron chi connectivity index (χ4n) is 2.28. The van der Waals surface area contributed by atoms with Gasteiger partial charge < -0.3 is 9.15 Å². The number of hydrogen-bond acceptors (Lipinski definition) is 5. The number of rotatable bonds is 4. The lowest BCUT2D eigenvalue weighted by Crippen LogP contribution is -2.07. The number of aromatic nitrogens is 2. The number of esters is 1. The predicted molar refractivity (Wildman–Crippen MR) is 81.9 cm³/mol. The maximum Gasteiger partial charge on any atom is 0.342 e. The quantitative estimate of drug-likeness (QED) is 0.687. The van der Waals surface area contributed by atoms with Crippen molar-refractivity contribution in [1.82, 2.24) is 9.78 Å². The van der Waals surface area contributed by atoms with E-state index in [0.29, 0.717) is 17.1 Å². The van der Waals surface area contributed by atoms with Crippen LogP contribution >= 0.6 is 0 Å². The van der Waals surface area contributed by atoms with Crippen molar-refractivity contribution in [2.45, 2.75) is 6.92 Å². The molecule has 0 amide bonds. The van der Waals surface area contributed by atoms with E-state index in [4.69, 9.17) is 14.4 Å². The molecule has 0 fully saturated rings. The van der Waals surface area contributed by atoms with Crippen molar-refractivity contribution >= 4 is 5.97 Å². The molecule has 0 bridgehead atoms. The maximum atomic E-state index is 13.5. The van der Waals surface area contributed by atoms with Gasteiger partial charge in [-0.1, -0.05) is 0 Å². The van der Waals surface area contributed by atoms with Crippen molar-refractivity contribution in [2.75, 3.05) is 6.61 Å². The number of carbonyl (C=O) groups is 1. The normalized spacial score (nSPS) is 10.4. The number of ether oxygens (including phenoxy) is 1. The van der Waals surface area contributed by atoms with Gasteiger partial charge in [0.25, 0.3) is 0 Å². The van der Waals surface area contributed by atoms with Gasteiger partial charge in [-0.25, -0.2) is 13.9 Å². The van der Waals surface area contributed by atoms with Crippen molar-refractivity contribution < 1.29 is 18.3 Å². The summed E-state index contributed by atoms with van der Waals surface area (Å²) in [5.74, 6) is -0.769. The lowest BCUT2D eigenvalue weighted by molar-refractivity contribution is 0.0527. The Bertz CT molecular complexity index is 923. The van der Waals surface area contributed by atoms with E-state index in [1.54, 1.807) is 25.1 Å². The standard InChI is InChI=1S/C17H12FN3O3/c1-2-23-17(22)13-10-20-21(16(13)15-4-3-7-24-15)12-5-6-14(18)11(8-12)9-19/h3-8,10H,2H2,1H3. The Labute approximate surface area is 136 Å². The van der Waals surface area contributed by atoms with E-state index in [2.05, 4.69) is 5.10 Å². The highest BCUT2D eigenvalue weighted by Gasteiger charge is 2.23. The van der Waals surface area contributed by atoms with Gasteiger partial charge in [0.05, 0.1) is 30.3 Å². The third kappa shape index (κ3) is 2.65. The van der Waals surface area contributed by atoms with Crippen molar-refractivity contribution in [3.63, 3.8) is 0 Å². The fourth-order valence-corrected chi connectivity index (χ4v) is 2.28. The van der Waals surface area contributed by atoms with Crippen LogP contribution in [-0.4, -0.2) is 22.4 Å². The van der Waals surface area contributed by atoms with Crippen LogP contribution in [0.1, 0.15) is 22.8 Å². The van der Waals surface area contributed by atoms with Gasteiger partial charge in [0.2, 0.25) is 0 Å². The molecule has 0 N–H and O–H groups in total. The first kappa shape index (κ1) is 15.5. The smallest absolute Gasteiger partial charge is 0.342 e. The van der Waals surface area contributed by atoms with Crippen LogP contribution in [0.25, 0.3) is 17.1 Å². The number of benzene rings is 1. The molecule has 0 spiro atoms. The molecule has 6 nitrogen and oxygen atoms in total. The van der Waals surface area contributed by atoms with E-state index < -0.39 is 11.8 Å². The van der Waals surface area contributed by atoms with Crippen LogP contribution in [0.2, 0.25) is 0 Å². The summed E-state index contributed by atoms with van der Waals surface area (Å²) in [5, 5.41) is 13.2. The number of nitrogens with zero attached hydrogens (tertiary/aromatic N) is 3. The minimum absolute atomic E-state index is 0.119. The number of nitriles is 1. The molecule has 2 aromatic heterocycles. The molecule has 3 rings (SSSR count). The summed E-state index contributed by atoms with van der Waals surface area (Å²) in [6.07, 6.45) is 2.82. The zero-order valence-corrected chi connectivity index (χ0v) is 12.7. The van der Waals surface area contributed by atoms with Gasteiger partial charge in [0, 0.05) is 0 Å². The van der Waals surface area contributed by atoms with Gasteiger partial charge in [-0.2, -0.15) is 10.4 Å². The lowest BCUT2D eigenvalue weighted by atomic mass is 10.1.